The largest absolute Gasteiger partial charge is 0.450 e. The number of benzene rings is 1. The quantitative estimate of drug-likeness (QED) is 0.789. The number of amides is 1. The predicted molar refractivity (Wildman–Crippen MR) is 88.3 cm³/mol. The summed E-state index contributed by atoms with van der Waals surface area (Å²) >= 11 is 0. The molecule has 6 nitrogen and oxygen atoms in total. The van der Waals surface area contributed by atoms with Crippen LogP contribution in [0.3, 0.4) is 0 Å². The molecule has 1 aromatic heterocycles. The number of carbonyl (C=O) groups excluding carboxylic acids is 2. The Bertz CT molecular complexity index is 679. The second kappa shape index (κ2) is 8.29. The van der Waals surface area contributed by atoms with Crippen LogP contribution in [0.2, 0.25) is 0 Å². The number of nitrogens with zero attached hydrogens (tertiary/aromatic N) is 1. The smallest absolute Gasteiger partial charge is 0.377 e. The fourth-order valence-electron chi connectivity index (χ4n) is 2.33. The maximum Gasteiger partial charge on any atom is 0.377 e. The Hall–Kier alpha value is -2.63. The van der Waals surface area contributed by atoms with Crippen LogP contribution >= 0.6 is 0 Å². The van der Waals surface area contributed by atoms with E-state index < -0.39 is 5.97 Å². The zero-order chi connectivity index (χ0) is 17.5. The summed E-state index contributed by atoms with van der Waals surface area (Å²) < 4.78 is 9.77. The summed E-state index contributed by atoms with van der Waals surface area (Å²) in [6.07, 6.45) is 0.797. The highest BCUT2D eigenvalue weighted by molar-refractivity contribution is 5.88. The fraction of sp³-hybridized carbons (Fsp3) is 0.389. The second-order valence-corrected chi connectivity index (χ2v) is 6.07. The molecule has 0 radical (unpaired) electrons. The second-order valence-electron chi connectivity index (χ2n) is 6.07. The van der Waals surface area contributed by atoms with Crippen LogP contribution in [0.1, 0.15) is 48.1 Å². The SMILES string of the molecule is Cc1cc(C(=O)OCC(=O)N[C@H](CC(C)C)c2ccccc2)on1. The molecule has 24 heavy (non-hydrogen) atoms. The summed E-state index contributed by atoms with van der Waals surface area (Å²) in [6.45, 7) is 5.52. The molecule has 1 amide bonds. The van der Waals surface area contributed by atoms with E-state index in [1.807, 2.05) is 30.3 Å². The third-order valence-electron chi connectivity index (χ3n) is 3.41. The standard InChI is InChI=1S/C18H22N2O4/c1-12(2)9-15(14-7-5-4-6-8-14)19-17(21)11-23-18(22)16-10-13(3)20-24-16/h4-8,10,12,15H,9,11H2,1-3H3,(H,19,21)/t15-/m1/s1. The maximum absolute atomic E-state index is 12.1. The van der Waals surface area contributed by atoms with Crippen LogP contribution in [0.5, 0.6) is 0 Å². The number of rotatable bonds is 7. The van der Waals surface area contributed by atoms with Crippen molar-refractivity contribution in [1.82, 2.24) is 10.5 Å². The number of aromatic nitrogens is 1. The Morgan fingerprint density at radius 3 is 2.54 bits per heavy atom. The van der Waals surface area contributed by atoms with Gasteiger partial charge in [-0.3, -0.25) is 4.79 Å². The van der Waals surface area contributed by atoms with Crippen molar-refractivity contribution in [3.8, 4) is 0 Å². The molecule has 0 unspecified atom stereocenters. The monoisotopic (exact) mass is 330 g/mol. The Morgan fingerprint density at radius 1 is 1.25 bits per heavy atom. The number of aryl methyl sites for hydroxylation is 1. The summed E-state index contributed by atoms with van der Waals surface area (Å²) in [5, 5.41) is 6.52. The van der Waals surface area contributed by atoms with Crippen LogP contribution in [0.4, 0.5) is 0 Å². The maximum atomic E-state index is 12.1. The molecule has 0 saturated heterocycles. The van der Waals surface area contributed by atoms with Crippen LogP contribution < -0.4 is 5.32 Å². The van der Waals surface area contributed by atoms with E-state index in [0.717, 1.165) is 12.0 Å². The van der Waals surface area contributed by atoms with Gasteiger partial charge in [0, 0.05) is 6.07 Å². The fourth-order valence-corrected chi connectivity index (χ4v) is 2.33. The van der Waals surface area contributed by atoms with Gasteiger partial charge in [0.1, 0.15) is 0 Å². The molecule has 1 aromatic carbocycles. The average molecular weight is 330 g/mol. The van der Waals surface area contributed by atoms with Crippen LogP contribution in [0.25, 0.3) is 0 Å². The van der Waals surface area contributed by atoms with Crippen LogP contribution in [0.15, 0.2) is 40.9 Å². The molecule has 2 aromatic rings. The van der Waals surface area contributed by atoms with Gasteiger partial charge in [-0.05, 0) is 24.8 Å². The number of ether oxygens (including phenoxy) is 1. The first-order valence-corrected chi connectivity index (χ1v) is 7.90. The molecule has 128 valence electrons. The molecule has 2 rings (SSSR count). The predicted octanol–water partition coefficient (Wildman–Crippen LogP) is 3.04. The molecular weight excluding hydrogens is 308 g/mol. The van der Waals surface area contributed by atoms with Gasteiger partial charge in [-0.1, -0.05) is 49.3 Å². The highest BCUT2D eigenvalue weighted by atomic mass is 16.6. The Morgan fingerprint density at radius 2 is 1.96 bits per heavy atom. The number of esters is 1. The highest BCUT2D eigenvalue weighted by Crippen LogP contribution is 2.20. The summed E-state index contributed by atoms with van der Waals surface area (Å²) in [4.78, 5) is 23.9. The molecule has 1 heterocycles. The molecule has 0 aliphatic heterocycles. The van der Waals surface area contributed by atoms with Crippen LogP contribution in [-0.2, 0) is 9.53 Å². The van der Waals surface area contributed by atoms with E-state index in [9.17, 15) is 9.59 Å². The first kappa shape index (κ1) is 17.7. The van der Waals surface area contributed by atoms with E-state index in [2.05, 4.69) is 24.3 Å². The van der Waals surface area contributed by atoms with E-state index in [-0.39, 0.29) is 24.3 Å². The lowest BCUT2D eigenvalue weighted by molar-refractivity contribution is -0.125. The van der Waals surface area contributed by atoms with Crippen LogP contribution in [-0.4, -0.2) is 23.6 Å². The number of hydrogen-bond acceptors (Lipinski definition) is 5. The summed E-state index contributed by atoms with van der Waals surface area (Å²) in [5.74, 6) is -0.655. The molecule has 0 aliphatic carbocycles. The van der Waals surface area contributed by atoms with Gasteiger partial charge in [-0.25, -0.2) is 4.79 Å². The van der Waals surface area contributed by atoms with E-state index in [1.54, 1.807) is 6.92 Å². The van der Waals surface area contributed by atoms with Crippen molar-refractivity contribution in [2.45, 2.75) is 33.2 Å². The Labute approximate surface area is 141 Å². The Kier molecular flexibility index (Phi) is 6.12. The van der Waals surface area contributed by atoms with Crippen molar-refractivity contribution in [1.29, 1.82) is 0 Å². The zero-order valence-corrected chi connectivity index (χ0v) is 14.1. The lowest BCUT2D eigenvalue weighted by Gasteiger charge is -2.21. The van der Waals surface area contributed by atoms with Crippen LogP contribution in [0, 0.1) is 12.8 Å². The molecule has 0 fully saturated rings. The van der Waals surface area contributed by atoms with E-state index in [0.29, 0.717) is 11.6 Å². The summed E-state index contributed by atoms with van der Waals surface area (Å²) in [6, 6.07) is 11.1. The van der Waals surface area contributed by atoms with Crippen molar-refractivity contribution < 1.29 is 18.8 Å². The molecule has 1 atom stereocenters. The van der Waals surface area contributed by atoms with E-state index in [4.69, 9.17) is 9.26 Å². The zero-order valence-electron chi connectivity index (χ0n) is 14.1. The number of carbonyl (C=O) groups is 2. The van der Waals surface area contributed by atoms with Gasteiger partial charge in [0.05, 0.1) is 11.7 Å². The molecule has 0 spiro atoms. The first-order chi connectivity index (χ1) is 11.5. The molecule has 1 N–H and O–H groups in total. The third kappa shape index (κ3) is 5.22. The minimum Gasteiger partial charge on any atom is -0.450 e. The normalized spacial score (nSPS) is 12.0. The molecule has 6 heteroatoms. The third-order valence-corrected chi connectivity index (χ3v) is 3.41. The van der Waals surface area contributed by atoms with Gasteiger partial charge in [0.15, 0.2) is 6.61 Å². The number of hydrogen-bond donors (Lipinski definition) is 1. The van der Waals surface area contributed by atoms with Gasteiger partial charge in [-0.15, -0.1) is 0 Å². The molecule has 0 aliphatic rings. The summed E-state index contributed by atoms with van der Waals surface area (Å²) in [5.41, 5.74) is 1.60. The van der Waals surface area contributed by atoms with Crippen molar-refractivity contribution >= 4 is 11.9 Å². The first-order valence-electron chi connectivity index (χ1n) is 7.90. The van der Waals surface area contributed by atoms with Gasteiger partial charge in [0.25, 0.3) is 5.91 Å². The minimum absolute atomic E-state index is 0.0120. The van der Waals surface area contributed by atoms with E-state index in [1.165, 1.54) is 6.07 Å². The summed E-state index contributed by atoms with van der Waals surface area (Å²) in [7, 11) is 0. The van der Waals surface area contributed by atoms with Crippen molar-refractivity contribution in [3.05, 3.63) is 53.4 Å². The topological polar surface area (TPSA) is 81.4 Å². The van der Waals surface area contributed by atoms with E-state index >= 15 is 0 Å². The van der Waals surface area contributed by atoms with Gasteiger partial charge >= 0.3 is 5.97 Å². The lowest BCUT2D eigenvalue weighted by atomic mass is 9.97. The van der Waals surface area contributed by atoms with Gasteiger partial charge < -0.3 is 14.6 Å². The minimum atomic E-state index is -0.703. The van der Waals surface area contributed by atoms with Crippen molar-refractivity contribution in [2.24, 2.45) is 5.92 Å². The highest BCUT2D eigenvalue weighted by Gasteiger charge is 2.19. The number of nitrogens with one attached hydrogen (secondary N) is 1. The Balaban J connectivity index is 1.91. The van der Waals surface area contributed by atoms with Crippen molar-refractivity contribution in [2.75, 3.05) is 6.61 Å². The molecule has 0 bridgehead atoms. The van der Waals surface area contributed by atoms with Gasteiger partial charge in [-0.2, -0.15) is 0 Å². The average Bonchev–Trinajstić information content (AvgIpc) is 2.99. The molecular formula is C18H22N2O4. The van der Waals surface area contributed by atoms with Gasteiger partial charge in [0.2, 0.25) is 5.76 Å². The van der Waals surface area contributed by atoms with Crippen molar-refractivity contribution in [3.63, 3.8) is 0 Å². The lowest BCUT2D eigenvalue weighted by Crippen LogP contribution is -2.33. The molecule has 0 saturated carbocycles.